The molecule has 0 aliphatic rings. The lowest BCUT2D eigenvalue weighted by atomic mass is 9.88. The molecule has 0 N–H and O–H groups in total. The highest BCUT2D eigenvalue weighted by atomic mass is 16.6. The lowest BCUT2D eigenvalue weighted by Gasteiger charge is -2.22. The zero-order chi connectivity index (χ0) is 27.4. The van der Waals surface area contributed by atoms with Gasteiger partial charge in [0.2, 0.25) is 0 Å². The van der Waals surface area contributed by atoms with E-state index in [9.17, 15) is 19.2 Å². The summed E-state index contributed by atoms with van der Waals surface area (Å²) in [6.45, 7) is 4.83. The molecular weight excluding hydrogens is 488 g/mol. The fourth-order valence-electron chi connectivity index (χ4n) is 4.36. The van der Waals surface area contributed by atoms with Gasteiger partial charge < -0.3 is 18.9 Å². The van der Waals surface area contributed by atoms with Crippen LogP contribution in [0.15, 0.2) is 60.7 Å². The van der Waals surface area contributed by atoms with E-state index in [1.54, 1.807) is 12.1 Å². The van der Waals surface area contributed by atoms with Crippen LogP contribution in [-0.2, 0) is 41.9 Å². The van der Waals surface area contributed by atoms with Gasteiger partial charge in [-0.1, -0.05) is 48.5 Å². The molecular formula is C30H26O8. The number of carbonyl (C=O) groups excluding carboxylic acids is 4. The van der Waals surface area contributed by atoms with E-state index in [2.05, 4.69) is 0 Å². The average Bonchev–Trinajstić information content (AvgIpc) is 2.86. The Morgan fingerprint density at radius 2 is 0.921 bits per heavy atom. The maximum absolute atomic E-state index is 12.3. The largest absolute Gasteiger partial charge is 0.461 e. The van der Waals surface area contributed by atoms with Gasteiger partial charge in [0.15, 0.2) is 0 Å². The predicted molar refractivity (Wildman–Crippen MR) is 140 cm³/mol. The molecule has 0 atom stereocenters. The van der Waals surface area contributed by atoms with Crippen LogP contribution in [0.4, 0.5) is 0 Å². The maximum Gasteiger partial charge on any atom is 0.308 e. The van der Waals surface area contributed by atoms with Crippen molar-refractivity contribution in [2.75, 3.05) is 0 Å². The van der Waals surface area contributed by atoms with E-state index in [0.717, 1.165) is 10.8 Å². The maximum atomic E-state index is 12.3. The normalized spacial score (nSPS) is 10.7. The van der Waals surface area contributed by atoms with Gasteiger partial charge in [0.1, 0.15) is 24.7 Å². The quantitative estimate of drug-likeness (QED) is 0.231. The topological polar surface area (TPSA) is 105 Å². The molecule has 4 aromatic carbocycles. The third-order valence-electron chi connectivity index (χ3n) is 5.76. The number of ether oxygens (including phenoxy) is 4. The number of rotatable bonds is 7. The number of benzene rings is 4. The molecule has 38 heavy (non-hydrogen) atoms. The zero-order valence-electron chi connectivity index (χ0n) is 21.5. The lowest BCUT2D eigenvalue weighted by Crippen LogP contribution is -2.11. The second-order valence-corrected chi connectivity index (χ2v) is 8.67. The van der Waals surface area contributed by atoms with Gasteiger partial charge in [-0.3, -0.25) is 19.2 Å². The van der Waals surface area contributed by atoms with Gasteiger partial charge in [-0.05, 0) is 33.7 Å². The molecule has 0 aliphatic carbocycles. The Morgan fingerprint density at radius 1 is 0.553 bits per heavy atom. The molecule has 0 heterocycles. The Hall–Kier alpha value is -4.72. The van der Waals surface area contributed by atoms with Crippen molar-refractivity contribution in [1.82, 2.24) is 0 Å². The number of carbonyl (C=O) groups is 4. The standard InChI is InChI=1S/C30H26O8/c1-17(31)35-15-23-13-21-9-5-7-11-25(21)27(29(23)37-19(3)33)28-26-12-8-6-10-22(26)14-24(16-36-18(2)32)30(28)38-20(4)34/h5-14H,15-16H2,1-4H3. The first kappa shape index (κ1) is 26.3. The van der Waals surface area contributed by atoms with Gasteiger partial charge in [0.05, 0.1) is 0 Å². The summed E-state index contributed by atoms with van der Waals surface area (Å²) in [4.78, 5) is 48.0. The summed E-state index contributed by atoms with van der Waals surface area (Å²) in [6.07, 6.45) is 0. The molecule has 0 unspecified atom stereocenters. The lowest BCUT2D eigenvalue weighted by molar-refractivity contribution is -0.143. The number of hydrogen-bond acceptors (Lipinski definition) is 8. The van der Waals surface area contributed by atoms with Gasteiger partial charge in [0.25, 0.3) is 0 Å². The molecule has 0 saturated carbocycles. The van der Waals surface area contributed by atoms with Crippen molar-refractivity contribution in [1.29, 1.82) is 0 Å². The van der Waals surface area contributed by atoms with E-state index in [0.29, 0.717) is 33.0 Å². The molecule has 194 valence electrons. The first-order valence-corrected chi connectivity index (χ1v) is 11.9. The van der Waals surface area contributed by atoms with E-state index in [1.165, 1.54) is 27.7 Å². The van der Waals surface area contributed by atoms with E-state index in [1.807, 2.05) is 48.5 Å². The summed E-state index contributed by atoms with van der Waals surface area (Å²) in [5, 5.41) is 2.98. The highest BCUT2D eigenvalue weighted by Gasteiger charge is 2.26. The van der Waals surface area contributed by atoms with Crippen molar-refractivity contribution < 1.29 is 38.1 Å². The van der Waals surface area contributed by atoms with Crippen LogP contribution in [0.2, 0.25) is 0 Å². The zero-order valence-corrected chi connectivity index (χ0v) is 21.5. The highest BCUT2D eigenvalue weighted by Crippen LogP contribution is 2.49. The van der Waals surface area contributed by atoms with E-state index in [4.69, 9.17) is 18.9 Å². The smallest absolute Gasteiger partial charge is 0.308 e. The van der Waals surface area contributed by atoms with Crippen molar-refractivity contribution in [3.8, 4) is 22.6 Å². The Labute approximate surface area is 219 Å². The summed E-state index contributed by atoms with van der Waals surface area (Å²) in [7, 11) is 0. The average molecular weight is 515 g/mol. The monoisotopic (exact) mass is 514 g/mol. The second kappa shape index (κ2) is 11.1. The molecule has 8 heteroatoms. The molecule has 0 fully saturated rings. The Kier molecular flexibility index (Phi) is 7.71. The van der Waals surface area contributed by atoms with Gasteiger partial charge >= 0.3 is 23.9 Å². The fourth-order valence-corrected chi connectivity index (χ4v) is 4.36. The van der Waals surface area contributed by atoms with Crippen LogP contribution >= 0.6 is 0 Å². The minimum atomic E-state index is -0.583. The third-order valence-corrected chi connectivity index (χ3v) is 5.76. The third kappa shape index (κ3) is 5.64. The molecule has 0 bridgehead atoms. The molecule has 8 nitrogen and oxygen atoms in total. The first-order valence-electron chi connectivity index (χ1n) is 11.9. The number of esters is 4. The number of hydrogen-bond donors (Lipinski definition) is 0. The highest BCUT2D eigenvalue weighted by molar-refractivity contribution is 6.11. The summed E-state index contributed by atoms with van der Waals surface area (Å²) >= 11 is 0. The summed E-state index contributed by atoms with van der Waals surface area (Å²) < 4.78 is 22.1. The van der Waals surface area contributed by atoms with Crippen LogP contribution in [0.5, 0.6) is 11.5 Å². The van der Waals surface area contributed by atoms with Gasteiger partial charge in [0, 0.05) is 49.9 Å². The summed E-state index contributed by atoms with van der Waals surface area (Å²) in [6, 6.07) is 18.4. The van der Waals surface area contributed by atoms with E-state index < -0.39 is 23.9 Å². The Bertz CT molecular complexity index is 1470. The molecule has 0 radical (unpaired) electrons. The molecule has 0 saturated heterocycles. The van der Waals surface area contributed by atoms with Crippen molar-refractivity contribution in [3.63, 3.8) is 0 Å². The van der Waals surface area contributed by atoms with Crippen LogP contribution in [0, 0.1) is 0 Å². The van der Waals surface area contributed by atoms with Crippen LogP contribution in [0.3, 0.4) is 0 Å². The molecule has 0 aromatic heterocycles. The van der Waals surface area contributed by atoms with Crippen molar-refractivity contribution in [2.45, 2.75) is 40.9 Å². The van der Waals surface area contributed by atoms with Crippen LogP contribution in [-0.4, -0.2) is 23.9 Å². The van der Waals surface area contributed by atoms with Crippen molar-refractivity contribution in [3.05, 3.63) is 71.8 Å². The van der Waals surface area contributed by atoms with E-state index >= 15 is 0 Å². The predicted octanol–water partition coefficient (Wildman–Crippen LogP) is 5.64. The minimum Gasteiger partial charge on any atom is -0.461 e. The second-order valence-electron chi connectivity index (χ2n) is 8.67. The van der Waals surface area contributed by atoms with Crippen LogP contribution < -0.4 is 9.47 Å². The number of fused-ring (bicyclic) bond motifs is 2. The molecule has 4 aromatic rings. The Morgan fingerprint density at radius 3 is 1.26 bits per heavy atom. The summed E-state index contributed by atoms with van der Waals surface area (Å²) in [5.41, 5.74) is 1.84. The van der Waals surface area contributed by atoms with Crippen molar-refractivity contribution >= 4 is 45.4 Å². The van der Waals surface area contributed by atoms with Gasteiger partial charge in [-0.15, -0.1) is 0 Å². The van der Waals surface area contributed by atoms with Gasteiger partial charge in [-0.25, -0.2) is 0 Å². The molecule has 4 rings (SSSR count). The van der Waals surface area contributed by atoms with E-state index in [-0.39, 0.29) is 24.7 Å². The fraction of sp³-hybridized carbons (Fsp3) is 0.200. The summed E-state index contributed by atoms with van der Waals surface area (Å²) in [5.74, 6) is -1.83. The minimum absolute atomic E-state index is 0.149. The first-order chi connectivity index (χ1) is 18.2. The van der Waals surface area contributed by atoms with Crippen LogP contribution in [0.1, 0.15) is 38.8 Å². The molecule has 0 spiro atoms. The van der Waals surface area contributed by atoms with Gasteiger partial charge in [-0.2, -0.15) is 0 Å². The van der Waals surface area contributed by atoms with Crippen LogP contribution in [0.25, 0.3) is 32.7 Å². The Balaban J connectivity index is 2.20. The molecule has 0 amide bonds. The van der Waals surface area contributed by atoms with Crippen molar-refractivity contribution in [2.24, 2.45) is 0 Å². The SMILES string of the molecule is CC(=O)OCc1cc2ccccc2c(-c2c(OC(C)=O)c(COC(C)=O)cc3ccccc23)c1OC(C)=O. The molecule has 0 aliphatic heterocycles.